The summed E-state index contributed by atoms with van der Waals surface area (Å²) in [4.78, 5) is 17.6. The first-order chi connectivity index (χ1) is 20.1. The fraction of sp³-hybridized carbons (Fsp3) is 0.516. The van der Waals surface area contributed by atoms with E-state index in [9.17, 15) is 18.0 Å². The normalized spacial score (nSPS) is 22.0. The molecule has 2 fully saturated rings. The van der Waals surface area contributed by atoms with Gasteiger partial charge in [-0.25, -0.2) is 0 Å². The molecule has 0 bridgehead atoms. The molecule has 3 aliphatic heterocycles. The van der Waals surface area contributed by atoms with E-state index in [2.05, 4.69) is 21.2 Å². The number of rotatable bonds is 5. The lowest BCUT2D eigenvalue weighted by molar-refractivity contribution is -0.138. The Kier molecular flexibility index (Phi) is 6.58. The molecule has 0 unspecified atom stereocenters. The number of amides is 1. The Balaban J connectivity index is 1.30. The second-order valence-electron chi connectivity index (χ2n) is 12.1. The highest BCUT2D eigenvalue weighted by molar-refractivity contribution is 6.11. The lowest BCUT2D eigenvalue weighted by atomic mass is 9.77. The van der Waals surface area contributed by atoms with Gasteiger partial charge in [-0.05, 0) is 60.2 Å². The van der Waals surface area contributed by atoms with Crippen molar-refractivity contribution in [2.75, 3.05) is 31.2 Å². The molecule has 1 aliphatic carbocycles. The van der Waals surface area contributed by atoms with E-state index in [0.717, 1.165) is 42.6 Å². The molecule has 42 heavy (non-hydrogen) atoms. The van der Waals surface area contributed by atoms with Gasteiger partial charge in [-0.2, -0.15) is 13.2 Å². The zero-order valence-electron chi connectivity index (χ0n) is 23.8. The van der Waals surface area contributed by atoms with Crippen LogP contribution < -0.4 is 9.64 Å². The van der Waals surface area contributed by atoms with Gasteiger partial charge in [0.2, 0.25) is 0 Å². The lowest BCUT2D eigenvalue weighted by Crippen LogP contribution is -2.40. The lowest BCUT2D eigenvalue weighted by Gasteiger charge is -2.31. The average Bonchev–Trinajstić information content (AvgIpc) is 3.75. The van der Waals surface area contributed by atoms with Crippen molar-refractivity contribution in [1.82, 2.24) is 19.7 Å². The summed E-state index contributed by atoms with van der Waals surface area (Å²) >= 11 is 0. The minimum Gasteiger partial charge on any atom is -0.491 e. The first-order valence-corrected chi connectivity index (χ1v) is 14.7. The summed E-state index contributed by atoms with van der Waals surface area (Å²) in [5.74, 6) is 1.02. The van der Waals surface area contributed by atoms with Crippen LogP contribution in [0.25, 0.3) is 0 Å². The van der Waals surface area contributed by atoms with E-state index in [1.54, 1.807) is 12.4 Å². The first-order valence-electron chi connectivity index (χ1n) is 14.7. The van der Waals surface area contributed by atoms with Crippen LogP contribution in [0.5, 0.6) is 5.75 Å². The van der Waals surface area contributed by atoms with E-state index in [0.29, 0.717) is 56.3 Å². The number of carbonyl (C=O) groups is 1. The Morgan fingerprint density at radius 3 is 2.64 bits per heavy atom. The van der Waals surface area contributed by atoms with Crippen LogP contribution in [0.4, 0.5) is 18.9 Å². The summed E-state index contributed by atoms with van der Waals surface area (Å²) in [6.07, 6.45) is 1.62. The predicted molar refractivity (Wildman–Crippen MR) is 149 cm³/mol. The van der Waals surface area contributed by atoms with E-state index in [1.807, 2.05) is 24.6 Å². The average molecular weight is 582 g/mol. The van der Waals surface area contributed by atoms with E-state index in [-0.39, 0.29) is 29.2 Å². The number of fused-ring (bicyclic) bond motifs is 2. The Bertz CT molecular complexity index is 1550. The van der Waals surface area contributed by atoms with Crippen LogP contribution in [-0.2, 0) is 42.9 Å². The molecule has 11 heteroatoms. The number of ether oxygens (including phenoxy) is 2. The van der Waals surface area contributed by atoms with Crippen molar-refractivity contribution in [2.45, 2.75) is 69.8 Å². The number of carbonyl (C=O) groups excluding carboxylic acids is 1. The molecular formula is C31H34F3N5O3. The Morgan fingerprint density at radius 2 is 1.93 bits per heavy atom. The van der Waals surface area contributed by atoms with Gasteiger partial charge in [-0.3, -0.25) is 9.69 Å². The van der Waals surface area contributed by atoms with Gasteiger partial charge in [0.05, 0.1) is 42.5 Å². The van der Waals surface area contributed by atoms with Gasteiger partial charge in [-0.1, -0.05) is 18.9 Å². The Morgan fingerprint density at radius 1 is 1.12 bits per heavy atom. The summed E-state index contributed by atoms with van der Waals surface area (Å²) in [5, 5.41) is 8.62. The molecule has 2 aromatic carbocycles. The monoisotopic (exact) mass is 581 g/mol. The number of anilines is 1. The van der Waals surface area contributed by atoms with Crippen LogP contribution in [0.2, 0.25) is 0 Å². The molecule has 1 saturated carbocycles. The summed E-state index contributed by atoms with van der Waals surface area (Å²) < 4.78 is 56.9. The van der Waals surface area contributed by atoms with E-state index in [1.165, 1.54) is 11.0 Å². The number of nitrogens with zero attached hydrogens (tertiary/aromatic N) is 5. The highest BCUT2D eigenvalue weighted by atomic mass is 19.4. The van der Waals surface area contributed by atoms with Crippen LogP contribution in [0, 0.1) is 0 Å². The summed E-state index contributed by atoms with van der Waals surface area (Å²) in [6.45, 7) is 4.37. The third-order valence-electron chi connectivity index (χ3n) is 9.34. The highest BCUT2D eigenvalue weighted by Gasteiger charge is 2.45. The number of alkyl halides is 3. The first kappa shape index (κ1) is 27.4. The summed E-state index contributed by atoms with van der Waals surface area (Å²) in [7, 11) is 1.93. The van der Waals surface area contributed by atoms with Crippen molar-refractivity contribution in [3.8, 4) is 5.75 Å². The van der Waals surface area contributed by atoms with Gasteiger partial charge in [0.15, 0.2) is 0 Å². The number of morpholine rings is 1. The molecule has 7 rings (SSSR count). The van der Waals surface area contributed by atoms with Crippen molar-refractivity contribution in [3.63, 3.8) is 0 Å². The molecule has 4 aliphatic rings. The zero-order valence-corrected chi connectivity index (χ0v) is 23.8. The Labute approximate surface area is 242 Å². The van der Waals surface area contributed by atoms with Crippen LogP contribution in [0.1, 0.15) is 76.6 Å². The maximum Gasteiger partial charge on any atom is 0.416 e. The molecule has 222 valence electrons. The second-order valence-corrected chi connectivity index (χ2v) is 12.1. The van der Waals surface area contributed by atoms with Crippen LogP contribution in [0.15, 0.2) is 30.6 Å². The second kappa shape index (κ2) is 10.1. The van der Waals surface area contributed by atoms with Crippen molar-refractivity contribution in [1.29, 1.82) is 0 Å². The SMILES string of the molecule is C[C@@H]1CN(Cc2cc3c(c(C(F)(F)F)c2)CN(c2cc(C4(c5nncn5C)CCCC4)cc4c2OCC4)C3=O)CCO1. The topological polar surface area (TPSA) is 72.7 Å². The van der Waals surface area contributed by atoms with Crippen LogP contribution >= 0.6 is 0 Å². The number of halogens is 3. The number of aryl methyl sites for hydroxylation is 1. The van der Waals surface area contributed by atoms with E-state index >= 15 is 0 Å². The molecular weight excluding hydrogens is 547 g/mol. The number of hydrogen-bond acceptors (Lipinski definition) is 6. The third-order valence-corrected chi connectivity index (χ3v) is 9.34. The molecule has 0 radical (unpaired) electrons. The molecule has 4 heterocycles. The van der Waals surface area contributed by atoms with Gasteiger partial charge in [0.25, 0.3) is 5.91 Å². The van der Waals surface area contributed by atoms with E-state index in [4.69, 9.17) is 9.47 Å². The number of aromatic nitrogens is 3. The molecule has 0 N–H and O–H groups in total. The molecule has 1 amide bonds. The molecule has 1 aromatic heterocycles. The Hall–Kier alpha value is -3.44. The van der Waals surface area contributed by atoms with Crippen LogP contribution in [-0.4, -0.2) is 58.0 Å². The fourth-order valence-corrected chi connectivity index (χ4v) is 7.40. The van der Waals surface area contributed by atoms with Crippen molar-refractivity contribution >= 4 is 11.6 Å². The number of benzene rings is 2. The fourth-order valence-electron chi connectivity index (χ4n) is 7.40. The van der Waals surface area contributed by atoms with Crippen molar-refractivity contribution in [2.24, 2.45) is 7.05 Å². The van der Waals surface area contributed by atoms with Crippen molar-refractivity contribution < 1.29 is 27.4 Å². The standard InChI is InChI=1S/C31H34F3N5O3/c1-19-15-38(8-10-41-19)16-20-11-23-24(25(12-20)31(32,33)34)17-39(28(23)40)26-14-22(13-21-5-9-42-27(21)26)30(6-3-4-7-30)29-36-35-18-37(29)2/h11-14,18-19H,3-10,15-17H2,1-2H3/t19-/m1/s1. The van der Waals surface area contributed by atoms with E-state index < -0.39 is 17.6 Å². The minimum atomic E-state index is -4.59. The third kappa shape index (κ3) is 4.48. The molecule has 0 spiro atoms. The summed E-state index contributed by atoms with van der Waals surface area (Å²) in [6, 6.07) is 6.96. The zero-order chi connectivity index (χ0) is 29.2. The highest BCUT2D eigenvalue weighted by Crippen LogP contribution is 2.50. The molecule has 8 nitrogen and oxygen atoms in total. The largest absolute Gasteiger partial charge is 0.491 e. The van der Waals surface area contributed by atoms with Crippen molar-refractivity contribution in [3.05, 3.63) is 69.8 Å². The van der Waals surface area contributed by atoms with Gasteiger partial charge < -0.3 is 18.9 Å². The van der Waals surface area contributed by atoms with Crippen LogP contribution in [0.3, 0.4) is 0 Å². The molecule has 3 aromatic rings. The molecule has 1 atom stereocenters. The van der Waals surface area contributed by atoms with Gasteiger partial charge in [0.1, 0.15) is 17.9 Å². The predicted octanol–water partition coefficient (Wildman–Crippen LogP) is 5.01. The van der Waals surface area contributed by atoms with Gasteiger partial charge in [0, 0.05) is 38.7 Å². The smallest absolute Gasteiger partial charge is 0.416 e. The quantitative estimate of drug-likeness (QED) is 0.422. The molecule has 1 saturated heterocycles. The maximum atomic E-state index is 14.5. The maximum absolute atomic E-state index is 14.5. The van der Waals surface area contributed by atoms with Gasteiger partial charge >= 0.3 is 6.18 Å². The van der Waals surface area contributed by atoms with Gasteiger partial charge in [-0.15, -0.1) is 10.2 Å². The summed E-state index contributed by atoms with van der Waals surface area (Å²) in [5.41, 5.74) is 2.00. The number of hydrogen-bond donors (Lipinski definition) is 0. The minimum absolute atomic E-state index is 0.00599.